The number of ether oxygens (including phenoxy) is 1. The number of amides is 1. The Balaban J connectivity index is 1.54. The molecule has 1 aromatic carbocycles. The van der Waals surface area contributed by atoms with Crippen LogP contribution in [-0.2, 0) is 18.3 Å². The number of carbonyl (C=O) groups is 1. The third-order valence-electron chi connectivity index (χ3n) is 4.65. The van der Waals surface area contributed by atoms with Crippen LogP contribution < -0.4 is 15.6 Å². The van der Waals surface area contributed by atoms with Crippen molar-refractivity contribution in [3.63, 3.8) is 0 Å². The van der Waals surface area contributed by atoms with E-state index in [0.717, 1.165) is 26.9 Å². The van der Waals surface area contributed by atoms with E-state index in [1.165, 1.54) is 0 Å². The molecule has 8 heteroatoms. The minimum atomic E-state index is -0.168. The second-order valence-corrected chi connectivity index (χ2v) is 7.56. The van der Waals surface area contributed by atoms with E-state index in [1.54, 1.807) is 11.7 Å². The molecule has 3 rings (SSSR count). The number of nitrogens with zero attached hydrogens (tertiary/aromatic N) is 2. The SMILES string of the molecule is Cc1nn(C)c2[nH]c(=O)c(CCC(=O)NCCOc3cccc(Br)c3)c(C)c12. The average molecular weight is 447 g/mol. The zero-order chi connectivity index (χ0) is 20.3. The number of H-pyrrole nitrogens is 1. The quantitative estimate of drug-likeness (QED) is 0.546. The molecule has 148 valence electrons. The zero-order valence-electron chi connectivity index (χ0n) is 16.1. The number of hydrogen-bond acceptors (Lipinski definition) is 4. The van der Waals surface area contributed by atoms with Gasteiger partial charge in [-0.1, -0.05) is 22.0 Å². The maximum atomic E-state index is 12.4. The van der Waals surface area contributed by atoms with Gasteiger partial charge in [-0.05, 0) is 44.0 Å². The van der Waals surface area contributed by atoms with Crippen molar-refractivity contribution in [1.29, 1.82) is 0 Å². The van der Waals surface area contributed by atoms with Crippen molar-refractivity contribution in [2.75, 3.05) is 13.2 Å². The largest absolute Gasteiger partial charge is 0.492 e. The molecule has 0 saturated carbocycles. The van der Waals surface area contributed by atoms with E-state index in [2.05, 4.69) is 31.3 Å². The number of aromatic amines is 1. The van der Waals surface area contributed by atoms with Crippen LogP contribution in [0.25, 0.3) is 11.0 Å². The minimum absolute atomic E-state index is 0.111. The van der Waals surface area contributed by atoms with Gasteiger partial charge in [0.05, 0.1) is 12.2 Å². The summed E-state index contributed by atoms with van der Waals surface area (Å²) in [4.78, 5) is 27.4. The third kappa shape index (κ3) is 4.44. The van der Waals surface area contributed by atoms with Crippen molar-refractivity contribution in [2.45, 2.75) is 26.7 Å². The van der Waals surface area contributed by atoms with Gasteiger partial charge in [-0.15, -0.1) is 0 Å². The highest BCUT2D eigenvalue weighted by molar-refractivity contribution is 9.10. The highest BCUT2D eigenvalue weighted by atomic mass is 79.9. The summed E-state index contributed by atoms with van der Waals surface area (Å²) in [5, 5.41) is 8.13. The van der Waals surface area contributed by atoms with E-state index in [-0.39, 0.29) is 17.9 Å². The fourth-order valence-corrected chi connectivity index (χ4v) is 3.68. The molecule has 28 heavy (non-hydrogen) atoms. The summed E-state index contributed by atoms with van der Waals surface area (Å²) in [5.74, 6) is 0.630. The average Bonchev–Trinajstić information content (AvgIpc) is 2.92. The molecule has 2 heterocycles. The van der Waals surface area contributed by atoms with E-state index < -0.39 is 0 Å². The highest BCUT2D eigenvalue weighted by Crippen LogP contribution is 2.21. The molecule has 1 amide bonds. The molecule has 0 aliphatic heterocycles. The maximum absolute atomic E-state index is 12.4. The van der Waals surface area contributed by atoms with E-state index in [4.69, 9.17) is 4.74 Å². The first-order valence-electron chi connectivity index (χ1n) is 9.07. The molecule has 0 radical (unpaired) electrons. The topological polar surface area (TPSA) is 89.0 Å². The van der Waals surface area contributed by atoms with Crippen LogP contribution in [0, 0.1) is 13.8 Å². The number of hydrogen-bond donors (Lipinski definition) is 2. The van der Waals surface area contributed by atoms with E-state index >= 15 is 0 Å². The lowest BCUT2D eigenvalue weighted by atomic mass is 10.0. The summed E-state index contributed by atoms with van der Waals surface area (Å²) in [6.07, 6.45) is 0.620. The number of benzene rings is 1. The van der Waals surface area contributed by atoms with Crippen molar-refractivity contribution < 1.29 is 9.53 Å². The van der Waals surface area contributed by atoms with Gasteiger partial charge in [-0.25, -0.2) is 0 Å². The van der Waals surface area contributed by atoms with Crippen LogP contribution in [0.1, 0.15) is 23.2 Å². The van der Waals surface area contributed by atoms with Crippen LogP contribution in [-0.4, -0.2) is 33.8 Å². The van der Waals surface area contributed by atoms with Gasteiger partial charge >= 0.3 is 0 Å². The first-order valence-corrected chi connectivity index (χ1v) is 9.86. The first kappa shape index (κ1) is 20.1. The monoisotopic (exact) mass is 446 g/mol. The van der Waals surface area contributed by atoms with Crippen molar-refractivity contribution in [1.82, 2.24) is 20.1 Å². The fourth-order valence-electron chi connectivity index (χ4n) is 3.30. The van der Waals surface area contributed by atoms with Gasteiger partial charge in [0.15, 0.2) is 0 Å². The van der Waals surface area contributed by atoms with Gasteiger partial charge < -0.3 is 15.0 Å². The van der Waals surface area contributed by atoms with Gasteiger partial charge in [-0.3, -0.25) is 14.3 Å². The number of aromatic nitrogens is 3. The molecule has 2 aromatic heterocycles. The maximum Gasteiger partial charge on any atom is 0.253 e. The van der Waals surface area contributed by atoms with Crippen LogP contribution in [0.4, 0.5) is 0 Å². The second-order valence-electron chi connectivity index (χ2n) is 6.65. The molecule has 0 unspecified atom stereocenters. The second kappa shape index (κ2) is 8.60. The lowest BCUT2D eigenvalue weighted by Gasteiger charge is -2.09. The summed E-state index contributed by atoms with van der Waals surface area (Å²) in [6.45, 7) is 4.60. The van der Waals surface area contributed by atoms with Crippen LogP contribution >= 0.6 is 15.9 Å². The molecule has 0 atom stereocenters. The molecule has 0 spiro atoms. The molecule has 0 saturated heterocycles. The highest BCUT2D eigenvalue weighted by Gasteiger charge is 2.15. The molecular weight excluding hydrogens is 424 g/mol. The number of halogens is 1. The molecule has 3 aromatic rings. The van der Waals surface area contributed by atoms with E-state index in [0.29, 0.717) is 30.8 Å². The van der Waals surface area contributed by atoms with E-state index in [1.807, 2.05) is 38.1 Å². The Morgan fingerprint density at radius 1 is 1.36 bits per heavy atom. The summed E-state index contributed by atoms with van der Waals surface area (Å²) < 4.78 is 8.20. The Labute approximate surface area is 171 Å². The number of rotatable bonds is 7. The predicted octanol–water partition coefficient (Wildman–Crippen LogP) is 2.77. The molecule has 0 aliphatic carbocycles. The number of nitrogens with one attached hydrogen (secondary N) is 2. The molecule has 2 N–H and O–H groups in total. The van der Waals surface area contributed by atoms with Crippen molar-refractivity contribution in [3.05, 3.63) is 55.9 Å². The van der Waals surface area contributed by atoms with Gasteiger partial charge in [0.1, 0.15) is 18.0 Å². The Morgan fingerprint density at radius 3 is 2.89 bits per heavy atom. The number of aryl methyl sites for hydroxylation is 3. The first-order chi connectivity index (χ1) is 13.4. The van der Waals surface area contributed by atoms with Gasteiger partial charge in [0.2, 0.25) is 5.91 Å². The Morgan fingerprint density at radius 2 is 2.14 bits per heavy atom. The Bertz CT molecular complexity index is 1070. The van der Waals surface area contributed by atoms with Crippen LogP contribution in [0.15, 0.2) is 33.5 Å². The third-order valence-corrected chi connectivity index (χ3v) is 5.14. The minimum Gasteiger partial charge on any atom is -0.492 e. The molecule has 7 nitrogen and oxygen atoms in total. The van der Waals surface area contributed by atoms with E-state index in [9.17, 15) is 9.59 Å². The summed E-state index contributed by atoms with van der Waals surface area (Å²) in [7, 11) is 1.80. The lowest BCUT2D eigenvalue weighted by molar-refractivity contribution is -0.121. The van der Waals surface area contributed by atoms with Crippen LogP contribution in [0.2, 0.25) is 0 Å². The Kier molecular flexibility index (Phi) is 6.18. The van der Waals surface area contributed by atoms with Gasteiger partial charge in [0, 0.05) is 28.9 Å². The summed E-state index contributed by atoms with van der Waals surface area (Å²) >= 11 is 3.39. The zero-order valence-corrected chi connectivity index (χ0v) is 17.7. The molecule has 0 aliphatic rings. The Hall–Kier alpha value is -2.61. The van der Waals surface area contributed by atoms with Crippen molar-refractivity contribution in [2.24, 2.45) is 7.05 Å². The van der Waals surface area contributed by atoms with Crippen LogP contribution in [0.3, 0.4) is 0 Å². The normalized spacial score (nSPS) is 11.0. The summed E-state index contributed by atoms with van der Waals surface area (Å²) in [6, 6.07) is 7.53. The lowest BCUT2D eigenvalue weighted by Crippen LogP contribution is -2.29. The molecular formula is C20H23BrN4O3. The number of fused-ring (bicyclic) bond motifs is 1. The van der Waals surface area contributed by atoms with Crippen molar-refractivity contribution in [3.8, 4) is 5.75 Å². The molecule has 0 fully saturated rings. The smallest absolute Gasteiger partial charge is 0.253 e. The van der Waals surface area contributed by atoms with Crippen LogP contribution in [0.5, 0.6) is 5.75 Å². The van der Waals surface area contributed by atoms with Crippen molar-refractivity contribution >= 4 is 32.9 Å². The number of carbonyl (C=O) groups excluding carboxylic acids is 1. The number of pyridine rings is 1. The fraction of sp³-hybridized carbons (Fsp3) is 0.350. The summed E-state index contributed by atoms with van der Waals surface area (Å²) in [5.41, 5.74) is 2.91. The predicted molar refractivity (Wildman–Crippen MR) is 112 cm³/mol. The standard InChI is InChI=1S/C20H23BrN4O3/c1-12-16(20(27)23-19-18(12)13(2)24-25(19)3)7-8-17(26)22-9-10-28-15-6-4-5-14(21)11-15/h4-6,11H,7-10H2,1-3H3,(H,22,26)(H,23,27). The van der Waals surface area contributed by atoms with Gasteiger partial charge in [0.25, 0.3) is 5.56 Å². The van der Waals surface area contributed by atoms with Gasteiger partial charge in [-0.2, -0.15) is 5.10 Å². The molecule has 0 bridgehead atoms.